The second-order valence-electron chi connectivity index (χ2n) is 6.71. The van der Waals surface area contributed by atoms with Gasteiger partial charge in [-0.3, -0.25) is 4.79 Å². The Kier molecular flexibility index (Phi) is 7.01. The maximum Gasteiger partial charge on any atom is 0.230 e. The second kappa shape index (κ2) is 9.67. The summed E-state index contributed by atoms with van der Waals surface area (Å²) in [5.74, 6) is 1.94. The van der Waals surface area contributed by atoms with E-state index < -0.39 is 0 Å². The quantitative estimate of drug-likeness (QED) is 0.707. The summed E-state index contributed by atoms with van der Waals surface area (Å²) in [6.45, 7) is 1.77. The lowest BCUT2D eigenvalue weighted by molar-refractivity contribution is -0.118. The monoisotopic (exact) mass is 386 g/mol. The molecule has 6 heteroatoms. The number of hydrogen-bond acceptors (Lipinski definition) is 5. The molecule has 1 aliphatic heterocycles. The normalized spacial score (nSPS) is 14.0. The van der Waals surface area contributed by atoms with Gasteiger partial charge in [-0.05, 0) is 44.3 Å². The first-order chi connectivity index (χ1) is 13.1. The van der Waals surface area contributed by atoms with Crippen LogP contribution in [-0.4, -0.2) is 56.5 Å². The summed E-state index contributed by atoms with van der Waals surface area (Å²) in [6, 6.07) is 16.4. The summed E-state index contributed by atoms with van der Waals surface area (Å²) in [5, 5.41) is 3.06. The molecule has 0 saturated heterocycles. The molecule has 1 aliphatic rings. The van der Waals surface area contributed by atoms with E-state index in [1.807, 2.05) is 50.5 Å². The molecule has 3 rings (SSSR count). The molecule has 2 aromatic carbocycles. The summed E-state index contributed by atoms with van der Waals surface area (Å²) in [4.78, 5) is 15.4. The number of carbonyl (C=O) groups excluding carboxylic acids is 1. The van der Waals surface area contributed by atoms with Crippen LogP contribution in [0.25, 0.3) is 0 Å². The van der Waals surface area contributed by atoms with Gasteiger partial charge in [0.15, 0.2) is 11.5 Å². The molecule has 0 bridgehead atoms. The van der Waals surface area contributed by atoms with Crippen LogP contribution in [0.5, 0.6) is 11.5 Å². The summed E-state index contributed by atoms with van der Waals surface area (Å²) in [7, 11) is 4.09. The summed E-state index contributed by atoms with van der Waals surface area (Å²) in [6.07, 6.45) is 0.906. The number of hydrogen-bond donors (Lipinski definition) is 1. The maximum absolute atomic E-state index is 12.3. The van der Waals surface area contributed by atoms with E-state index in [4.69, 9.17) is 9.47 Å². The van der Waals surface area contributed by atoms with Gasteiger partial charge in [-0.1, -0.05) is 30.3 Å². The van der Waals surface area contributed by atoms with E-state index in [1.54, 1.807) is 0 Å². The SMILES string of the molecule is CN(C)C(CNC(=O)CSc1ccc2c(c1)OCCO2)Cc1ccccc1. The highest BCUT2D eigenvalue weighted by Gasteiger charge is 2.15. The molecule has 0 spiro atoms. The van der Waals surface area contributed by atoms with Crippen molar-refractivity contribution in [1.29, 1.82) is 0 Å². The lowest BCUT2D eigenvalue weighted by atomic mass is 10.1. The number of rotatable bonds is 8. The number of fused-ring (bicyclic) bond motifs is 1. The Labute approximate surface area is 165 Å². The van der Waals surface area contributed by atoms with Crippen molar-refractivity contribution in [2.75, 3.05) is 39.6 Å². The van der Waals surface area contributed by atoms with Gasteiger partial charge < -0.3 is 19.7 Å². The largest absolute Gasteiger partial charge is 0.486 e. The van der Waals surface area contributed by atoms with E-state index in [1.165, 1.54) is 17.3 Å². The van der Waals surface area contributed by atoms with Crippen LogP contribution in [0.4, 0.5) is 0 Å². The van der Waals surface area contributed by atoms with Crippen molar-refractivity contribution < 1.29 is 14.3 Å². The van der Waals surface area contributed by atoms with Gasteiger partial charge in [-0.2, -0.15) is 0 Å². The molecule has 2 aromatic rings. The molecule has 5 nitrogen and oxygen atoms in total. The van der Waals surface area contributed by atoms with Crippen LogP contribution in [0.1, 0.15) is 5.56 Å². The van der Waals surface area contributed by atoms with Gasteiger partial charge in [0.1, 0.15) is 13.2 Å². The second-order valence-corrected chi connectivity index (χ2v) is 7.75. The standard InChI is InChI=1S/C21H26N2O3S/c1-23(2)17(12-16-6-4-3-5-7-16)14-22-21(24)15-27-18-8-9-19-20(13-18)26-11-10-25-19/h3-9,13,17H,10-12,14-15H2,1-2H3,(H,22,24). The van der Waals surface area contributed by atoms with Gasteiger partial charge in [0.25, 0.3) is 0 Å². The Morgan fingerprint density at radius 3 is 2.59 bits per heavy atom. The molecule has 0 aromatic heterocycles. The number of nitrogens with zero attached hydrogens (tertiary/aromatic N) is 1. The fourth-order valence-corrected chi connectivity index (χ4v) is 3.62. The Morgan fingerprint density at radius 1 is 1.11 bits per heavy atom. The van der Waals surface area contributed by atoms with Crippen LogP contribution in [0.15, 0.2) is 53.4 Å². The van der Waals surface area contributed by atoms with E-state index in [-0.39, 0.29) is 11.9 Å². The molecule has 144 valence electrons. The average molecular weight is 387 g/mol. The highest BCUT2D eigenvalue weighted by Crippen LogP contribution is 2.34. The summed E-state index contributed by atoms with van der Waals surface area (Å²) >= 11 is 1.50. The smallest absolute Gasteiger partial charge is 0.230 e. The van der Waals surface area contributed by atoms with Gasteiger partial charge >= 0.3 is 0 Å². The van der Waals surface area contributed by atoms with Gasteiger partial charge in [0.05, 0.1) is 5.75 Å². The first-order valence-corrected chi connectivity index (χ1v) is 10.1. The molecule has 27 heavy (non-hydrogen) atoms. The fourth-order valence-electron chi connectivity index (χ4n) is 2.87. The van der Waals surface area contributed by atoms with Gasteiger partial charge in [-0.25, -0.2) is 0 Å². The van der Waals surface area contributed by atoms with Crippen LogP contribution < -0.4 is 14.8 Å². The number of benzene rings is 2. The number of ether oxygens (including phenoxy) is 2. The molecule has 0 fully saturated rings. The molecule has 1 heterocycles. The lowest BCUT2D eigenvalue weighted by Crippen LogP contribution is -2.42. The maximum atomic E-state index is 12.3. The average Bonchev–Trinajstić information content (AvgIpc) is 2.70. The third kappa shape index (κ3) is 5.91. The minimum Gasteiger partial charge on any atom is -0.486 e. The first kappa shape index (κ1) is 19.6. The minimum atomic E-state index is 0.0369. The molecule has 1 N–H and O–H groups in total. The van der Waals surface area contributed by atoms with Gasteiger partial charge in [-0.15, -0.1) is 11.8 Å². The van der Waals surface area contributed by atoms with Crippen molar-refractivity contribution in [2.24, 2.45) is 0 Å². The zero-order chi connectivity index (χ0) is 19.1. The van der Waals surface area contributed by atoms with Crippen molar-refractivity contribution in [3.05, 3.63) is 54.1 Å². The molecule has 1 amide bonds. The predicted octanol–water partition coefficient (Wildman–Crippen LogP) is 2.84. The van der Waals surface area contributed by atoms with E-state index in [2.05, 4.69) is 22.3 Å². The topological polar surface area (TPSA) is 50.8 Å². The highest BCUT2D eigenvalue weighted by atomic mass is 32.2. The molecular formula is C21H26N2O3S. The first-order valence-electron chi connectivity index (χ1n) is 9.11. The van der Waals surface area contributed by atoms with Crippen LogP contribution in [0.2, 0.25) is 0 Å². The number of likely N-dealkylation sites (N-methyl/N-ethyl adjacent to an activating group) is 1. The van der Waals surface area contributed by atoms with Crippen molar-refractivity contribution in [2.45, 2.75) is 17.4 Å². The zero-order valence-electron chi connectivity index (χ0n) is 15.8. The van der Waals surface area contributed by atoms with E-state index in [9.17, 15) is 4.79 Å². The molecule has 1 unspecified atom stereocenters. The van der Waals surface area contributed by atoms with Crippen molar-refractivity contribution in [3.8, 4) is 11.5 Å². The highest BCUT2D eigenvalue weighted by molar-refractivity contribution is 8.00. The summed E-state index contributed by atoms with van der Waals surface area (Å²) < 4.78 is 11.1. The number of nitrogens with one attached hydrogen (secondary N) is 1. The molecule has 0 saturated carbocycles. The third-order valence-electron chi connectivity index (χ3n) is 4.46. The van der Waals surface area contributed by atoms with E-state index in [0.29, 0.717) is 25.5 Å². The lowest BCUT2D eigenvalue weighted by Gasteiger charge is -2.24. The number of carbonyl (C=O) groups is 1. The Bertz CT molecular complexity index is 752. The van der Waals surface area contributed by atoms with Crippen LogP contribution >= 0.6 is 11.8 Å². The van der Waals surface area contributed by atoms with Crippen molar-refractivity contribution in [3.63, 3.8) is 0 Å². The Morgan fingerprint density at radius 2 is 1.85 bits per heavy atom. The molecule has 0 aliphatic carbocycles. The predicted molar refractivity (Wildman–Crippen MR) is 109 cm³/mol. The third-order valence-corrected chi connectivity index (χ3v) is 5.46. The van der Waals surface area contributed by atoms with Gasteiger partial charge in [0, 0.05) is 17.5 Å². The van der Waals surface area contributed by atoms with Crippen molar-refractivity contribution in [1.82, 2.24) is 10.2 Å². The van der Waals surface area contributed by atoms with Crippen molar-refractivity contribution >= 4 is 17.7 Å². The van der Waals surface area contributed by atoms with Crippen LogP contribution in [0.3, 0.4) is 0 Å². The summed E-state index contributed by atoms with van der Waals surface area (Å²) in [5.41, 5.74) is 1.27. The Balaban J connectivity index is 1.46. The molecule has 0 radical (unpaired) electrons. The fraction of sp³-hybridized carbons (Fsp3) is 0.381. The number of amides is 1. The molecular weight excluding hydrogens is 360 g/mol. The Hall–Kier alpha value is -2.18. The number of thioether (sulfide) groups is 1. The van der Waals surface area contributed by atoms with Gasteiger partial charge in [0.2, 0.25) is 5.91 Å². The van der Waals surface area contributed by atoms with Crippen LogP contribution in [0, 0.1) is 0 Å². The zero-order valence-corrected chi connectivity index (χ0v) is 16.6. The van der Waals surface area contributed by atoms with Crippen LogP contribution in [-0.2, 0) is 11.2 Å². The van der Waals surface area contributed by atoms with E-state index in [0.717, 1.165) is 22.8 Å². The minimum absolute atomic E-state index is 0.0369. The van der Waals surface area contributed by atoms with E-state index >= 15 is 0 Å². The molecule has 1 atom stereocenters.